The molecule has 0 aliphatic carbocycles. The van der Waals surface area contributed by atoms with E-state index in [1.54, 1.807) is 32.4 Å². The van der Waals surface area contributed by atoms with Crippen molar-refractivity contribution in [3.63, 3.8) is 0 Å². The molecule has 0 aliphatic heterocycles. The zero-order chi connectivity index (χ0) is 13.1. The fraction of sp³-hybridized carbons (Fsp3) is 0.182. The van der Waals surface area contributed by atoms with Gasteiger partial charge in [-0.25, -0.2) is 4.68 Å². The zero-order valence-corrected chi connectivity index (χ0v) is 10.7. The molecule has 94 valence electrons. The quantitative estimate of drug-likeness (QED) is 0.878. The van der Waals surface area contributed by atoms with Crippen molar-refractivity contribution in [1.29, 1.82) is 0 Å². The molecule has 0 spiro atoms. The Balaban J connectivity index is 2.45. The maximum atomic E-state index is 11.4. The number of hydrogen-bond acceptors (Lipinski definition) is 4. The van der Waals surface area contributed by atoms with Gasteiger partial charge in [-0.05, 0) is 18.2 Å². The number of amides is 1. The van der Waals surface area contributed by atoms with Crippen LogP contribution in [-0.4, -0.2) is 35.0 Å². The number of hydrogen-bond donors (Lipinski definition) is 2. The van der Waals surface area contributed by atoms with Gasteiger partial charge in [0.05, 0.1) is 17.6 Å². The minimum atomic E-state index is -0.283. The summed E-state index contributed by atoms with van der Waals surface area (Å²) in [5.41, 5.74) is 1.82. The largest absolute Gasteiger partial charge is 0.386 e. The van der Waals surface area contributed by atoms with Crippen LogP contribution in [0.15, 0.2) is 24.4 Å². The second-order valence-corrected chi connectivity index (χ2v) is 3.98. The Hall–Kier alpha value is -2.08. The number of carbonyl (C=O) groups excluding carboxylic acids is 1. The summed E-state index contributed by atoms with van der Waals surface area (Å²) < 4.78 is 1.50. The lowest BCUT2D eigenvalue weighted by atomic mass is 10.2. The number of nitrogens with zero attached hydrogens (tertiary/aromatic N) is 3. The number of anilines is 1. The lowest BCUT2D eigenvalue weighted by Crippen LogP contribution is -2.18. The smallest absolute Gasteiger partial charge is 0.273 e. The van der Waals surface area contributed by atoms with E-state index >= 15 is 0 Å². The van der Waals surface area contributed by atoms with Crippen LogP contribution in [0.1, 0.15) is 10.5 Å². The molecule has 0 unspecified atom stereocenters. The first kappa shape index (κ1) is 12.4. The van der Waals surface area contributed by atoms with E-state index in [9.17, 15) is 4.79 Å². The summed E-state index contributed by atoms with van der Waals surface area (Å²) in [4.78, 5) is 11.4. The van der Waals surface area contributed by atoms with E-state index < -0.39 is 0 Å². The Morgan fingerprint density at radius 3 is 2.83 bits per heavy atom. The minimum Gasteiger partial charge on any atom is -0.386 e. The van der Waals surface area contributed by atoms with Gasteiger partial charge in [0.25, 0.3) is 5.91 Å². The highest BCUT2D eigenvalue weighted by atomic mass is 35.5. The number of nitrogens with one attached hydrogen (secondary N) is 2. The Morgan fingerprint density at radius 2 is 2.17 bits per heavy atom. The molecule has 0 saturated heterocycles. The number of halogens is 1. The molecule has 18 heavy (non-hydrogen) atoms. The van der Waals surface area contributed by atoms with Crippen molar-refractivity contribution in [2.45, 2.75) is 0 Å². The number of benzene rings is 1. The normalized spacial score (nSPS) is 10.2. The van der Waals surface area contributed by atoms with Crippen LogP contribution in [0.3, 0.4) is 0 Å². The van der Waals surface area contributed by atoms with Gasteiger partial charge in [-0.1, -0.05) is 16.8 Å². The number of rotatable bonds is 3. The summed E-state index contributed by atoms with van der Waals surface area (Å²) in [6.45, 7) is 0. The first-order valence-corrected chi connectivity index (χ1v) is 5.65. The van der Waals surface area contributed by atoms with Crippen molar-refractivity contribution in [2.24, 2.45) is 0 Å². The molecule has 2 aromatic rings. The lowest BCUT2D eigenvalue weighted by molar-refractivity contribution is 0.0958. The fourth-order valence-electron chi connectivity index (χ4n) is 1.52. The van der Waals surface area contributed by atoms with E-state index in [1.165, 1.54) is 4.68 Å². The molecule has 0 fully saturated rings. The third kappa shape index (κ3) is 2.28. The molecular weight excluding hydrogens is 254 g/mol. The molecule has 0 bridgehead atoms. The van der Waals surface area contributed by atoms with Crippen molar-refractivity contribution in [2.75, 3.05) is 19.4 Å². The van der Waals surface area contributed by atoms with Crippen molar-refractivity contribution < 1.29 is 4.79 Å². The highest BCUT2D eigenvalue weighted by Gasteiger charge is 2.11. The van der Waals surface area contributed by atoms with Crippen LogP contribution >= 0.6 is 11.6 Å². The SMILES string of the molecule is CNC(=O)c1cn(-c2cc(Cl)ccc2NC)nn1. The van der Waals surface area contributed by atoms with Gasteiger partial charge in [-0.15, -0.1) is 5.10 Å². The van der Waals surface area contributed by atoms with Crippen LogP contribution in [0, 0.1) is 0 Å². The highest BCUT2D eigenvalue weighted by molar-refractivity contribution is 6.30. The Bertz CT molecular complexity index is 581. The third-order valence-electron chi connectivity index (χ3n) is 2.43. The number of aromatic nitrogens is 3. The predicted molar refractivity (Wildman–Crippen MR) is 69.3 cm³/mol. The summed E-state index contributed by atoms with van der Waals surface area (Å²) in [7, 11) is 3.34. The molecular formula is C11H12ClN5O. The molecule has 2 N–H and O–H groups in total. The fourth-order valence-corrected chi connectivity index (χ4v) is 1.69. The predicted octanol–water partition coefficient (Wildman–Crippen LogP) is 1.32. The molecule has 0 saturated carbocycles. The first-order valence-electron chi connectivity index (χ1n) is 5.28. The van der Waals surface area contributed by atoms with Crippen LogP contribution < -0.4 is 10.6 Å². The molecule has 2 rings (SSSR count). The van der Waals surface area contributed by atoms with Gasteiger partial charge in [-0.3, -0.25) is 4.79 Å². The second kappa shape index (κ2) is 5.05. The van der Waals surface area contributed by atoms with Gasteiger partial charge >= 0.3 is 0 Å². The summed E-state index contributed by atoms with van der Waals surface area (Å²) in [5, 5.41) is 13.8. The summed E-state index contributed by atoms with van der Waals surface area (Å²) in [5.74, 6) is -0.283. The second-order valence-electron chi connectivity index (χ2n) is 3.54. The maximum absolute atomic E-state index is 11.4. The van der Waals surface area contributed by atoms with Crippen molar-refractivity contribution in [3.8, 4) is 5.69 Å². The van der Waals surface area contributed by atoms with Crippen LogP contribution in [0.25, 0.3) is 5.69 Å². The summed E-state index contributed by atoms with van der Waals surface area (Å²) in [6.07, 6.45) is 1.55. The van der Waals surface area contributed by atoms with E-state index in [-0.39, 0.29) is 11.6 Å². The van der Waals surface area contributed by atoms with E-state index in [4.69, 9.17) is 11.6 Å². The van der Waals surface area contributed by atoms with Crippen LogP contribution in [-0.2, 0) is 0 Å². The van der Waals surface area contributed by atoms with Gasteiger partial charge < -0.3 is 10.6 Å². The molecule has 1 aromatic carbocycles. The molecule has 0 aliphatic rings. The summed E-state index contributed by atoms with van der Waals surface area (Å²) in [6, 6.07) is 5.35. The lowest BCUT2D eigenvalue weighted by Gasteiger charge is -2.08. The average molecular weight is 266 g/mol. The minimum absolute atomic E-state index is 0.250. The average Bonchev–Trinajstić information content (AvgIpc) is 2.87. The standard InChI is InChI=1S/C11H12ClN5O/c1-13-8-4-3-7(12)5-10(8)17-6-9(15-16-17)11(18)14-2/h3-6,13H,1-2H3,(H,14,18). The van der Waals surface area contributed by atoms with Crippen LogP contribution in [0.2, 0.25) is 5.02 Å². The molecule has 1 heterocycles. The first-order chi connectivity index (χ1) is 8.65. The molecule has 6 nitrogen and oxygen atoms in total. The Labute approximate surface area is 109 Å². The Kier molecular flexibility index (Phi) is 3.47. The van der Waals surface area contributed by atoms with E-state index in [1.807, 2.05) is 6.07 Å². The van der Waals surface area contributed by atoms with Crippen LogP contribution in [0.5, 0.6) is 0 Å². The van der Waals surface area contributed by atoms with E-state index in [0.717, 1.165) is 11.4 Å². The maximum Gasteiger partial charge on any atom is 0.273 e. The molecule has 1 amide bonds. The van der Waals surface area contributed by atoms with Gasteiger partial charge in [0.2, 0.25) is 0 Å². The molecule has 0 atom stereocenters. The van der Waals surface area contributed by atoms with Crippen molar-refractivity contribution in [1.82, 2.24) is 20.3 Å². The topological polar surface area (TPSA) is 71.8 Å². The molecule has 7 heteroatoms. The van der Waals surface area contributed by atoms with Gasteiger partial charge in [0.1, 0.15) is 0 Å². The van der Waals surface area contributed by atoms with Crippen molar-refractivity contribution >= 4 is 23.2 Å². The summed E-state index contributed by atoms with van der Waals surface area (Å²) >= 11 is 5.95. The van der Waals surface area contributed by atoms with Gasteiger partial charge in [0, 0.05) is 19.1 Å². The molecule has 0 radical (unpaired) electrons. The van der Waals surface area contributed by atoms with E-state index in [2.05, 4.69) is 20.9 Å². The van der Waals surface area contributed by atoms with E-state index in [0.29, 0.717) is 5.02 Å². The van der Waals surface area contributed by atoms with Gasteiger partial charge in [-0.2, -0.15) is 0 Å². The highest BCUT2D eigenvalue weighted by Crippen LogP contribution is 2.23. The van der Waals surface area contributed by atoms with Crippen LogP contribution in [0.4, 0.5) is 5.69 Å². The number of carbonyl (C=O) groups is 1. The van der Waals surface area contributed by atoms with Crippen molar-refractivity contribution in [3.05, 3.63) is 35.1 Å². The third-order valence-corrected chi connectivity index (χ3v) is 2.66. The Morgan fingerprint density at radius 1 is 1.39 bits per heavy atom. The zero-order valence-electron chi connectivity index (χ0n) is 9.94. The molecule has 1 aromatic heterocycles. The monoisotopic (exact) mass is 265 g/mol. The van der Waals surface area contributed by atoms with Gasteiger partial charge in [0.15, 0.2) is 5.69 Å².